The Morgan fingerprint density at radius 1 is 1.29 bits per heavy atom. The SMILES string of the molecule is N#CC1(OC(=O)C=Cc2ccc3c(c2)OCO3)CCCC1. The van der Waals surface area contributed by atoms with Gasteiger partial charge in [-0.05, 0) is 36.6 Å². The summed E-state index contributed by atoms with van der Waals surface area (Å²) in [6, 6.07) is 7.54. The smallest absolute Gasteiger partial charge is 0.332 e. The van der Waals surface area contributed by atoms with Crippen LogP contribution < -0.4 is 9.47 Å². The van der Waals surface area contributed by atoms with Crippen LogP contribution in [0.2, 0.25) is 0 Å². The molecule has 1 saturated carbocycles. The molecule has 0 bridgehead atoms. The average Bonchev–Trinajstić information content (AvgIpc) is 3.14. The molecule has 0 unspecified atom stereocenters. The number of esters is 1. The highest BCUT2D eigenvalue weighted by Crippen LogP contribution is 2.34. The van der Waals surface area contributed by atoms with Crippen LogP contribution in [-0.2, 0) is 9.53 Å². The summed E-state index contributed by atoms with van der Waals surface area (Å²) >= 11 is 0. The van der Waals surface area contributed by atoms with Gasteiger partial charge in [0.2, 0.25) is 6.79 Å². The topological polar surface area (TPSA) is 68.5 Å². The van der Waals surface area contributed by atoms with E-state index in [0.29, 0.717) is 24.3 Å². The van der Waals surface area contributed by atoms with Crippen LogP contribution in [0, 0.1) is 11.3 Å². The van der Waals surface area contributed by atoms with E-state index in [0.717, 1.165) is 18.4 Å². The van der Waals surface area contributed by atoms with Crippen molar-refractivity contribution in [3.63, 3.8) is 0 Å². The number of carbonyl (C=O) groups excluding carboxylic acids is 1. The molecule has 3 rings (SSSR count). The zero-order chi connectivity index (χ0) is 14.7. The average molecular weight is 285 g/mol. The molecule has 0 aromatic heterocycles. The molecule has 1 aromatic rings. The molecular formula is C16H15NO4. The number of nitrogens with zero attached hydrogens (tertiary/aromatic N) is 1. The fourth-order valence-corrected chi connectivity index (χ4v) is 2.59. The quantitative estimate of drug-likeness (QED) is 0.631. The van der Waals surface area contributed by atoms with Gasteiger partial charge >= 0.3 is 5.97 Å². The van der Waals surface area contributed by atoms with E-state index in [1.807, 2.05) is 6.07 Å². The highest BCUT2D eigenvalue weighted by Gasteiger charge is 2.37. The van der Waals surface area contributed by atoms with Crippen LogP contribution in [0.3, 0.4) is 0 Å². The van der Waals surface area contributed by atoms with Gasteiger partial charge in [0.25, 0.3) is 0 Å². The van der Waals surface area contributed by atoms with E-state index in [2.05, 4.69) is 6.07 Å². The van der Waals surface area contributed by atoms with Crippen LogP contribution >= 0.6 is 0 Å². The predicted molar refractivity (Wildman–Crippen MR) is 74.5 cm³/mol. The number of rotatable bonds is 3. The summed E-state index contributed by atoms with van der Waals surface area (Å²) in [4.78, 5) is 11.9. The van der Waals surface area contributed by atoms with E-state index in [4.69, 9.17) is 14.2 Å². The van der Waals surface area contributed by atoms with Gasteiger partial charge in [-0.15, -0.1) is 0 Å². The number of hydrogen-bond acceptors (Lipinski definition) is 5. The van der Waals surface area contributed by atoms with Crippen molar-refractivity contribution in [1.82, 2.24) is 0 Å². The normalized spacial score (nSPS) is 18.6. The zero-order valence-electron chi connectivity index (χ0n) is 11.5. The highest BCUT2D eigenvalue weighted by molar-refractivity contribution is 5.87. The second-order valence-corrected chi connectivity index (χ2v) is 5.18. The summed E-state index contributed by atoms with van der Waals surface area (Å²) in [6.45, 7) is 0.217. The molecule has 0 N–H and O–H groups in total. The summed E-state index contributed by atoms with van der Waals surface area (Å²) in [5, 5.41) is 9.17. The van der Waals surface area contributed by atoms with E-state index >= 15 is 0 Å². The Labute approximate surface area is 122 Å². The van der Waals surface area contributed by atoms with Gasteiger partial charge in [-0.25, -0.2) is 4.79 Å². The number of fused-ring (bicyclic) bond motifs is 1. The van der Waals surface area contributed by atoms with Crippen molar-refractivity contribution in [2.24, 2.45) is 0 Å². The molecule has 1 fully saturated rings. The Morgan fingerprint density at radius 2 is 2.05 bits per heavy atom. The number of hydrogen-bond donors (Lipinski definition) is 0. The molecule has 0 atom stereocenters. The molecule has 1 aliphatic heterocycles. The van der Waals surface area contributed by atoms with Crippen LogP contribution in [0.4, 0.5) is 0 Å². The molecule has 108 valence electrons. The van der Waals surface area contributed by atoms with Gasteiger partial charge in [0, 0.05) is 18.9 Å². The van der Waals surface area contributed by atoms with E-state index in [1.54, 1.807) is 18.2 Å². The van der Waals surface area contributed by atoms with Crippen LogP contribution in [0.5, 0.6) is 11.5 Å². The Hall–Kier alpha value is -2.48. The van der Waals surface area contributed by atoms with Crippen LogP contribution in [0.25, 0.3) is 6.08 Å². The summed E-state index contributed by atoms with van der Waals surface area (Å²) in [5.41, 5.74) is -0.121. The predicted octanol–water partition coefficient (Wildman–Crippen LogP) is 2.81. The third-order valence-corrected chi connectivity index (χ3v) is 3.72. The van der Waals surface area contributed by atoms with Gasteiger partial charge in [0.15, 0.2) is 17.1 Å². The minimum absolute atomic E-state index is 0.217. The standard InChI is InChI=1S/C16H15NO4/c17-10-16(7-1-2-8-16)21-15(18)6-4-12-3-5-13-14(9-12)20-11-19-13/h3-6,9H,1-2,7-8,11H2. The molecule has 21 heavy (non-hydrogen) atoms. The molecule has 2 aliphatic rings. The maximum Gasteiger partial charge on any atom is 0.332 e. The first kappa shape index (κ1) is 13.5. The van der Waals surface area contributed by atoms with Crippen LogP contribution in [-0.4, -0.2) is 18.4 Å². The Morgan fingerprint density at radius 3 is 2.81 bits per heavy atom. The number of ether oxygens (including phenoxy) is 3. The lowest BCUT2D eigenvalue weighted by Crippen LogP contribution is -2.29. The minimum atomic E-state index is -0.934. The lowest BCUT2D eigenvalue weighted by Gasteiger charge is -2.19. The van der Waals surface area contributed by atoms with E-state index in [9.17, 15) is 10.1 Å². The number of benzene rings is 1. The number of carbonyl (C=O) groups is 1. The molecular weight excluding hydrogens is 270 g/mol. The van der Waals surface area contributed by atoms with Gasteiger partial charge in [-0.2, -0.15) is 5.26 Å². The van der Waals surface area contributed by atoms with Gasteiger partial charge in [0.1, 0.15) is 6.07 Å². The molecule has 0 radical (unpaired) electrons. The molecule has 0 saturated heterocycles. The van der Waals surface area contributed by atoms with Crippen molar-refractivity contribution < 1.29 is 19.0 Å². The first-order valence-electron chi connectivity index (χ1n) is 6.93. The second kappa shape index (κ2) is 5.49. The molecule has 0 amide bonds. The lowest BCUT2D eigenvalue weighted by molar-refractivity contribution is -0.147. The van der Waals surface area contributed by atoms with Crippen molar-refractivity contribution in [2.75, 3.05) is 6.79 Å². The summed E-state index contributed by atoms with van der Waals surface area (Å²) in [7, 11) is 0. The summed E-state index contributed by atoms with van der Waals surface area (Å²) in [6.07, 6.45) is 6.07. The summed E-state index contributed by atoms with van der Waals surface area (Å²) < 4.78 is 15.8. The largest absolute Gasteiger partial charge is 0.454 e. The monoisotopic (exact) mass is 285 g/mol. The first-order chi connectivity index (χ1) is 10.2. The van der Waals surface area contributed by atoms with Crippen molar-refractivity contribution in [3.8, 4) is 17.6 Å². The molecule has 5 heteroatoms. The maximum atomic E-state index is 11.9. The Kier molecular flexibility index (Phi) is 3.53. The molecule has 1 aliphatic carbocycles. The molecule has 5 nitrogen and oxygen atoms in total. The fraction of sp³-hybridized carbons (Fsp3) is 0.375. The van der Waals surface area contributed by atoms with Gasteiger partial charge < -0.3 is 14.2 Å². The second-order valence-electron chi connectivity index (χ2n) is 5.18. The van der Waals surface area contributed by atoms with Gasteiger partial charge in [-0.3, -0.25) is 0 Å². The molecule has 1 aromatic carbocycles. The van der Waals surface area contributed by atoms with Crippen molar-refractivity contribution >= 4 is 12.0 Å². The maximum absolute atomic E-state index is 11.9. The molecule has 0 spiro atoms. The minimum Gasteiger partial charge on any atom is -0.454 e. The highest BCUT2D eigenvalue weighted by atomic mass is 16.7. The fourth-order valence-electron chi connectivity index (χ4n) is 2.59. The van der Waals surface area contributed by atoms with Crippen LogP contribution in [0.1, 0.15) is 31.2 Å². The molecule has 1 heterocycles. The van der Waals surface area contributed by atoms with E-state index < -0.39 is 11.6 Å². The van der Waals surface area contributed by atoms with Gasteiger partial charge in [0.05, 0.1) is 0 Å². The van der Waals surface area contributed by atoms with Gasteiger partial charge in [-0.1, -0.05) is 6.07 Å². The Balaban J connectivity index is 1.66. The third kappa shape index (κ3) is 2.84. The summed E-state index contributed by atoms with van der Waals surface area (Å²) in [5.74, 6) is 0.870. The van der Waals surface area contributed by atoms with Crippen molar-refractivity contribution in [1.29, 1.82) is 5.26 Å². The van der Waals surface area contributed by atoms with E-state index in [1.165, 1.54) is 6.08 Å². The van der Waals surface area contributed by atoms with E-state index in [-0.39, 0.29) is 6.79 Å². The number of nitriles is 1. The van der Waals surface area contributed by atoms with Crippen molar-refractivity contribution in [2.45, 2.75) is 31.3 Å². The zero-order valence-corrected chi connectivity index (χ0v) is 11.5. The van der Waals surface area contributed by atoms with Crippen molar-refractivity contribution in [3.05, 3.63) is 29.8 Å². The first-order valence-corrected chi connectivity index (χ1v) is 6.93. The van der Waals surface area contributed by atoms with Crippen LogP contribution in [0.15, 0.2) is 24.3 Å². The lowest BCUT2D eigenvalue weighted by atomic mass is 10.1. The third-order valence-electron chi connectivity index (χ3n) is 3.72. The Bertz CT molecular complexity index is 624.